The number of aromatic nitrogens is 1. The van der Waals surface area contributed by atoms with E-state index in [-0.39, 0.29) is 11.9 Å². The van der Waals surface area contributed by atoms with E-state index >= 15 is 0 Å². The minimum absolute atomic E-state index is 0.0239. The molecular weight excluding hydrogens is 304 g/mol. The van der Waals surface area contributed by atoms with Crippen molar-refractivity contribution >= 4 is 27.5 Å². The van der Waals surface area contributed by atoms with Crippen molar-refractivity contribution in [1.82, 2.24) is 9.88 Å². The molecule has 3 rings (SSSR count). The number of hydrogen-bond donors (Lipinski definition) is 1. The van der Waals surface area contributed by atoms with Gasteiger partial charge in [0.15, 0.2) is 0 Å². The number of benzene rings is 1. The highest BCUT2D eigenvalue weighted by molar-refractivity contribution is 7.17. The summed E-state index contributed by atoms with van der Waals surface area (Å²) in [5.41, 5.74) is 3.23. The lowest BCUT2D eigenvalue weighted by atomic mass is 10.1. The topological polar surface area (TPSA) is 34.0 Å². The van der Waals surface area contributed by atoms with Gasteiger partial charge < -0.3 is 9.88 Å². The molecule has 1 amide bonds. The van der Waals surface area contributed by atoms with Crippen molar-refractivity contribution in [1.29, 1.82) is 0 Å². The first-order valence-electron chi connectivity index (χ1n) is 8.10. The summed E-state index contributed by atoms with van der Waals surface area (Å²) < 4.78 is 3.26. The zero-order valence-electron chi connectivity index (χ0n) is 13.6. The van der Waals surface area contributed by atoms with Crippen molar-refractivity contribution in [2.24, 2.45) is 0 Å². The molecule has 3 nitrogen and oxygen atoms in total. The third kappa shape index (κ3) is 3.48. The number of nitrogens with zero attached hydrogens (tertiary/aromatic N) is 1. The van der Waals surface area contributed by atoms with Crippen LogP contribution in [0.4, 0.5) is 0 Å². The number of carbonyl (C=O) groups excluding carboxylic acids is 1. The monoisotopic (exact) mass is 326 g/mol. The van der Waals surface area contributed by atoms with Gasteiger partial charge in [0.05, 0.1) is 10.2 Å². The van der Waals surface area contributed by atoms with Crippen LogP contribution in [0.5, 0.6) is 0 Å². The predicted molar refractivity (Wildman–Crippen MR) is 97.2 cm³/mol. The van der Waals surface area contributed by atoms with E-state index in [9.17, 15) is 4.79 Å². The highest BCUT2D eigenvalue weighted by Crippen LogP contribution is 2.25. The summed E-state index contributed by atoms with van der Waals surface area (Å²) in [6.45, 7) is 4.95. The SMILES string of the molecule is CCn1c(C(=O)N[C@H](C)CCc2ccccc2)cc2sccc21. The average Bonchev–Trinajstić information content (AvgIpc) is 3.14. The van der Waals surface area contributed by atoms with Gasteiger partial charge in [0, 0.05) is 12.6 Å². The molecule has 0 bridgehead atoms. The van der Waals surface area contributed by atoms with Crippen molar-refractivity contribution in [3.63, 3.8) is 0 Å². The van der Waals surface area contributed by atoms with Crippen LogP contribution < -0.4 is 5.32 Å². The Labute approximate surface area is 140 Å². The third-order valence-corrected chi connectivity index (χ3v) is 5.01. The number of hydrogen-bond acceptors (Lipinski definition) is 2. The third-order valence-electron chi connectivity index (χ3n) is 4.16. The molecule has 2 aromatic heterocycles. The second-order valence-electron chi connectivity index (χ2n) is 5.84. The fourth-order valence-electron chi connectivity index (χ4n) is 2.90. The molecule has 0 aliphatic rings. The smallest absolute Gasteiger partial charge is 0.268 e. The van der Waals surface area contributed by atoms with E-state index in [1.807, 2.05) is 12.1 Å². The number of fused-ring (bicyclic) bond motifs is 1. The van der Waals surface area contributed by atoms with E-state index in [2.05, 4.69) is 59.4 Å². The largest absolute Gasteiger partial charge is 0.348 e. The molecule has 0 aliphatic carbocycles. The van der Waals surface area contributed by atoms with Crippen molar-refractivity contribution < 1.29 is 4.79 Å². The van der Waals surface area contributed by atoms with Gasteiger partial charge in [0.2, 0.25) is 0 Å². The van der Waals surface area contributed by atoms with E-state index in [1.54, 1.807) is 11.3 Å². The highest BCUT2D eigenvalue weighted by atomic mass is 32.1. The van der Waals surface area contributed by atoms with Crippen LogP contribution in [0, 0.1) is 0 Å². The molecule has 0 unspecified atom stereocenters. The van der Waals surface area contributed by atoms with Crippen LogP contribution in [0.15, 0.2) is 47.8 Å². The lowest BCUT2D eigenvalue weighted by molar-refractivity contribution is 0.0929. The lowest BCUT2D eigenvalue weighted by Crippen LogP contribution is -2.34. The molecular formula is C19H22N2OS. The van der Waals surface area contributed by atoms with Gasteiger partial charge in [-0.1, -0.05) is 30.3 Å². The molecule has 120 valence electrons. The van der Waals surface area contributed by atoms with E-state index in [1.165, 1.54) is 10.3 Å². The molecule has 0 aliphatic heterocycles. The standard InChI is InChI=1S/C19H22N2OS/c1-3-21-16-11-12-23-18(16)13-17(21)19(22)20-14(2)9-10-15-7-5-4-6-8-15/h4-8,11-14H,3,9-10H2,1-2H3,(H,20,22)/t14-/m1/s1. The molecule has 0 saturated carbocycles. The maximum absolute atomic E-state index is 12.6. The maximum Gasteiger partial charge on any atom is 0.268 e. The van der Waals surface area contributed by atoms with Crippen LogP contribution in [0.25, 0.3) is 10.2 Å². The number of nitrogens with one attached hydrogen (secondary N) is 1. The van der Waals surface area contributed by atoms with Crippen LogP contribution in [0.2, 0.25) is 0 Å². The van der Waals surface area contributed by atoms with Crippen LogP contribution in [-0.2, 0) is 13.0 Å². The summed E-state index contributed by atoms with van der Waals surface area (Å²) in [7, 11) is 0. The molecule has 2 heterocycles. The molecule has 1 aromatic carbocycles. The number of rotatable bonds is 6. The van der Waals surface area contributed by atoms with E-state index in [4.69, 9.17) is 0 Å². The maximum atomic E-state index is 12.6. The van der Waals surface area contributed by atoms with Gasteiger partial charge >= 0.3 is 0 Å². The predicted octanol–water partition coefficient (Wildman–Crippen LogP) is 4.47. The van der Waals surface area contributed by atoms with Gasteiger partial charge in [-0.2, -0.15) is 0 Å². The summed E-state index contributed by atoms with van der Waals surface area (Å²) in [5.74, 6) is 0.0239. The van der Waals surface area contributed by atoms with Gasteiger partial charge in [-0.15, -0.1) is 11.3 Å². The number of amides is 1. The van der Waals surface area contributed by atoms with Gasteiger partial charge in [-0.3, -0.25) is 4.79 Å². The summed E-state index contributed by atoms with van der Waals surface area (Å²) in [5, 5.41) is 5.21. The molecule has 4 heteroatoms. The molecule has 0 radical (unpaired) electrons. The lowest BCUT2D eigenvalue weighted by Gasteiger charge is -2.15. The molecule has 23 heavy (non-hydrogen) atoms. The molecule has 1 N–H and O–H groups in total. The van der Waals surface area contributed by atoms with Gasteiger partial charge in [-0.25, -0.2) is 0 Å². The van der Waals surface area contributed by atoms with Crippen LogP contribution >= 0.6 is 11.3 Å². The van der Waals surface area contributed by atoms with Gasteiger partial charge in [0.25, 0.3) is 5.91 Å². The Morgan fingerprint density at radius 3 is 2.78 bits per heavy atom. The molecule has 3 aromatic rings. The number of thiophene rings is 1. The Hall–Kier alpha value is -2.07. The fourth-order valence-corrected chi connectivity index (χ4v) is 3.73. The normalized spacial score (nSPS) is 12.4. The zero-order valence-corrected chi connectivity index (χ0v) is 14.4. The van der Waals surface area contributed by atoms with Crippen LogP contribution in [-0.4, -0.2) is 16.5 Å². The molecule has 0 saturated heterocycles. The second-order valence-corrected chi connectivity index (χ2v) is 6.79. The number of aryl methyl sites for hydroxylation is 2. The average molecular weight is 326 g/mol. The molecule has 0 spiro atoms. The fraction of sp³-hybridized carbons (Fsp3) is 0.316. The van der Waals surface area contributed by atoms with Crippen molar-refractivity contribution in [3.8, 4) is 0 Å². The van der Waals surface area contributed by atoms with Gasteiger partial charge in [-0.05, 0) is 49.8 Å². The highest BCUT2D eigenvalue weighted by Gasteiger charge is 2.17. The Bertz CT molecular complexity index is 788. The minimum atomic E-state index is 0.0239. The Balaban J connectivity index is 1.64. The Morgan fingerprint density at radius 2 is 2.04 bits per heavy atom. The molecule has 0 fully saturated rings. The van der Waals surface area contributed by atoms with Crippen molar-refractivity contribution in [2.75, 3.05) is 0 Å². The second kappa shape index (κ2) is 7.01. The van der Waals surface area contributed by atoms with E-state index in [0.717, 1.165) is 30.6 Å². The van der Waals surface area contributed by atoms with Crippen molar-refractivity contribution in [2.45, 2.75) is 39.3 Å². The first-order chi connectivity index (χ1) is 11.2. The first kappa shape index (κ1) is 15.8. The van der Waals surface area contributed by atoms with Crippen molar-refractivity contribution in [3.05, 3.63) is 59.1 Å². The summed E-state index contributed by atoms with van der Waals surface area (Å²) >= 11 is 1.68. The van der Waals surface area contributed by atoms with E-state index in [0.29, 0.717) is 0 Å². The Kier molecular flexibility index (Phi) is 4.82. The van der Waals surface area contributed by atoms with Crippen LogP contribution in [0.3, 0.4) is 0 Å². The zero-order chi connectivity index (χ0) is 16.2. The van der Waals surface area contributed by atoms with Gasteiger partial charge in [0.1, 0.15) is 5.69 Å². The minimum Gasteiger partial charge on any atom is -0.348 e. The summed E-state index contributed by atoms with van der Waals surface area (Å²) in [6.07, 6.45) is 1.92. The summed E-state index contributed by atoms with van der Waals surface area (Å²) in [4.78, 5) is 12.6. The quantitative estimate of drug-likeness (QED) is 0.712. The Morgan fingerprint density at radius 1 is 1.26 bits per heavy atom. The summed E-state index contributed by atoms with van der Waals surface area (Å²) in [6, 6.07) is 14.6. The first-order valence-corrected chi connectivity index (χ1v) is 8.98. The van der Waals surface area contributed by atoms with E-state index < -0.39 is 0 Å². The molecule has 1 atom stereocenters. The van der Waals surface area contributed by atoms with Crippen LogP contribution in [0.1, 0.15) is 36.3 Å². The number of carbonyl (C=O) groups is 1.